The van der Waals surface area contributed by atoms with Crippen LogP contribution in [0.4, 0.5) is 0 Å². The zero-order chi connectivity index (χ0) is 13.1. The second-order valence-corrected chi connectivity index (χ2v) is 6.68. The standard InChI is InChI=1S/C15H19NOS2/c1-2-17-9-8-16-7-5-13-12(6-11-19-13)15(16)14-4-3-10-18-14/h3-4,6,10-11,15H,2,5,7-9H2,1H3. The Hall–Kier alpha value is -0.680. The Balaban J connectivity index is 1.84. The van der Waals surface area contributed by atoms with Gasteiger partial charge >= 0.3 is 0 Å². The molecule has 2 aromatic rings. The van der Waals surface area contributed by atoms with Gasteiger partial charge in [-0.1, -0.05) is 6.07 Å². The summed E-state index contributed by atoms with van der Waals surface area (Å²) in [5.74, 6) is 0. The number of thiophene rings is 2. The molecule has 4 heteroatoms. The molecule has 0 N–H and O–H groups in total. The van der Waals surface area contributed by atoms with E-state index in [4.69, 9.17) is 4.74 Å². The Labute approximate surface area is 122 Å². The van der Waals surface area contributed by atoms with E-state index >= 15 is 0 Å². The van der Waals surface area contributed by atoms with Crippen molar-refractivity contribution in [3.8, 4) is 0 Å². The van der Waals surface area contributed by atoms with Gasteiger partial charge in [-0.2, -0.15) is 0 Å². The van der Waals surface area contributed by atoms with Crippen molar-refractivity contribution in [1.82, 2.24) is 4.90 Å². The summed E-state index contributed by atoms with van der Waals surface area (Å²) in [6, 6.07) is 7.16. The van der Waals surface area contributed by atoms with Gasteiger partial charge in [-0.05, 0) is 41.8 Å². The van der Waals surface area contributed by atoms with Crippen LogP contribution in [0.2, 0.25) is 0 Å². The first-order chi connectivity index (χ1) is 9.40. The number of nitrogens with zero attached hydrogens (tertiary/aromatic N) is 1. The first-order valence-corrected chi connectivity index (χ1v) is 8.57. The molecule has 1 unspecified atom stereocenters. The molecule has 1 atom stereocenters. The van der Waals surface area contributed by atoms with E-state index < -0.39 is 0 Å². The third kappa shape index (κ3) is 2.77. The van der Waals surface area contributed by atoms with Crippen LogP contribution in [0.25, 0.3) is 0 Å². The minimum atomic E-state index is 0.440. The maximum absolute atomic E-state index is 5.54. The average molecular weight is 293 g/mol. The first-order valence-electron chi connectivity index (χ1n) is 6.81. The molecular formula is C15H19NOS2. The van der Waals surface area contributed by atoms with Crippen LogP contribution in [-0.2, 0) is 11.2 Å². The Morgan fingerprint density at radius 2 is 2.26 bits per heavy atom. The van der Waals surface area contributed by atoms with Crippen molar-refractivity contribution in [2.75, 3.05) is 26.3 Å². The highest BCUT2D eigenvalue weighted by Crippen LogP contribution is 2.39. The minimum Gasteiger partial charge on any atom is -0.380 e. The second kappa shape index (κ2) is 6.18. The molecular weight excluding hydrogens is 274 g/mol. The zero-order valence-corrected chi connectivity index (χ0v) is 12.8. The topological polar surface area (TPSA) is 12.5 Å². The Kier molecular flexibility index (Phi) is 4.33. The number of rotatable bonds is 5. The van der Waals surface area contributed by atoms with Gasteiger partial charge in [-0.3, -0.25) is 4.90 Å². The van der Waals surface area contributed by atoms with Gasteiger partial charge < -0.3 is 4.74 Å². The van der Waals surface area contributed by atoms with Crippen LogP contribution >= 0.6 is 22.7 Å². The molecule has 0 fully saturated rings. The van der Waals surface area contributed by atoms with E-state index in [0.29, 0.717) is 6.04 Å². The lowest BCUT2D eigenvalue weighted by Crippen LogP contribution is -2.37. The Morgan fingerprint density at radius 1 is 1.32 bits per heavy atom. The van der Waals surface area contributed by atoms with Gasteiger partial charge in [0.1, 0.15) is 0 Å². The van der Waals surface area contributed by atoms with Crippen molar-refractivity contribution in [2.45, 2.75) is 19.4 Å². The molecule has 19 heavy (non-hydrogen) atoms. The van der Waals surface area contributed by atoms with Gasteiger partial charge in [-0.15, -0.1) is 22.7 Å². The molecule has 0 saturated carbocycles. The Morgan fingerprint density at radius 3 is 3.05 bits per heavy atom. The molecule has 102 valence electrons. The average Bonchev–Trinajstić information content (AvgIpc) is 3.09. The van der Waals surface area contributed by atoms with E-state index in [1.165, 1.54) is 16.9 Å². The predicted molar refractivity (Wildman–Crippen MR) is 82.3 cm³/mol. The lowest BCUT2D eigenvalue weighted by molar-refractivity contribution is 0.0994. The molecule has 3 rings (SSSR count). The molecule has 2 aromatic heterocycles. The van der Waals surface area contributed by atoms with E-state index in [9.17, 15) is 0 Å². The molecule has 0 radical (unpaired) electrons. The van der Waals surface area contributed by atoms with Crippen molar-refractivity contribution in [3.63, 3.8) is 0 Å². The van der Waals surface area contributed by atoms with Crippen molar-refractivity contribution >= 4 is 22.7 Å². The van der Waals surface area contributed by atoms with Crippen LogP contribution in [0, 0.1) is 0 Å². The highest BCUT2D eigenvalue weighted by Gasteiger charge is 2.29. The smallest absolute Gasteiger partial charge is 0.0707 e. The highest BCUT2D eigenvalue weighted by atomic mass is 32.1. The summed E-state index contributed by atoms with van der Waals surface area (Å²) < 4.78 is 5.54. The molecule has 0 spiro atoms. The quantitative estimate of drug-likeness (QED) is 0.778. The number of hydrogen-bond acceptors (Lipinski definition) is 4. The van der Waals surface area contributed by atoms with Gasteiger partial charge in [0.05, 0.1) is 12.6 Å². The molecule has 1 aliphatic heterocycles. The van der Waals surface area contributed by atoms with Gasteiger partial charge in [0.15, 0.2) is 0 Å². The zero-order valence-electron chi connectivity index (χ0n) is 11.2. The van der Waals surface area contributed by atoms with Crippen LogP contribution < -0.4 is 0 Å². The largest absolute Gasteiger partial charge is 0.380 e. The maximum atomic E-state index is 5.54. The van der Waals surface area contributed by atoms with Gasteiger partial charge in [0.25, 0.3) is 0 Å². The predicted octanol–water partition coefficient (Wildman–Crippen LogP) is 3.79. The SMILES string of the molecule is CCOCCN1CCc2sccc2C1c1cccs1. The van der Waals surface area contributed by atoms with Crippen molar-refractivity contribution in [2.24, 2.45) is 0 Å². The molecule has 0 amide bonds. The summed E-state index contributed by atoms with van der Waals surface area (Å²) in [6.45, 7) is 5.86. The number of fused-ring (bicyclic) bond motifs is 1. The fourth-order valence-electron chi connectivity index (χ4n) is 2.72. The third-order valence-electron chi connectivity index (χ3n) is 3.61. The van der Waals surface area contributed by atoms with E-state index in [1.54, 1.807) is 4.88 Å². The fourth-order valence-corrected chi connectivity index (χ4v) is 4.50. The van der Waals surface area contributed by atoms with Crippen molar-refractivity contribution < 1.29 is 4.74 Å². The van der Waals surface area contributed by atoms with E-state index in [1.807, 2.05) is 22.7 Å². The molecule has 0 aliphatic carbocycles. The van der Waals surface area contributed by atoms with Crippen LogP contribution in [0.3, 0.4) is 0 Å². The summed E-state index contributed by atoms with van der Waals surface area (Å²) in [5.41, 5.74) is 1.51. The molecule has 1 aliphatic rings. The molecule has 3 heterocycles. The molecule has 0 saturated heterocycles. The molecule has 2 nitrogen and oxygen atoms in total. The second-order valence-electron chi connectivity index (χ2n) is 4.70. The van der Waals surface area contributed by atoms with Crippen molar-refractivity contribution in [3.05, 3.63) is 44.3 Å². The van der Waals surface area contributed by atoms with E-state index in [2.05, 4.69) is 40.8 Å². The monoisotopic (exact) mass is 293 g/mol. The number of ether oxygens (including phenoxy) is 1. The lowest BCUT2D eigenvalue weighted by atomic mass is 9.98. The summed E-state index contributed by atoms with van der Waals surface area (Å²) in [7, 11) is 0. The van der Waals surface area contributed by atoms with Gasteiger partial charge in [0, 0.05) is 29.5 Å². The maximum Gasteiger partial charge on any atom is 0.0707 e. The normalized spacial score (nSPS) is 19.5. The first kappa shape index (κ1) is 13.3. The van der Waals surface area contributed by atoms with Gasteiger partial charge in [0.2, 0.25) is 0 Å². The van der Waals surface area contributed by atoms with Crippen LogP contribution in [-0.4, -0.2) is 31.2 Å². The highest BCUT2D eigenvalue weighted by molar-refractivity contribution is 7.10. The Bertz CT molecular complexity index is 506. The van der Waals surface area contributed by atoms with E-state index in [-0.39, 0.29) is 0 Å². The van der Waals surface area contributed by atoms with E-state index in [0.717, 1.165) is 26.3 Å². The third-order valence-corrected chi connectivity index (χ3v) is 5.53. The van der Waals surface area contributed by atoms with Crippen LogP contribution in [0.15, 0.2) is 29.0 Å². The summed E-state index contributed by atoms with van der Waals surface area (Å²) >= 11 is 3.77. The van der Waals surface area contributed by atoms with Gasteiger partial charge in [-0.25, -0.2) is 0 Å². The number of hydrogen-bond donors (Lipinski definition) is 0. The molecule has 0 aromatic carbocycles. The molecule has 0 bridgehead atoms. The van der Waals surface area contributed by atoms with Crippen molar-refractivity contribution in [1.29, 1.82) is 0 Å². The summed E-state index contributed by atoms with van der Waals surface area (Å²) in [6.07, 6.45) is 1.18. The fraction of sp³-hybridized carbons (Fsp3) is 0.467. The lowest BCUT2D eigenvalue weighted by Gasteiger charge is -2.35. The van der Waals surface area contributed by atoms with Crippen LogP contribution in [0.1, 0.15) is 28.3 Å². The minimum absolute atomic E-state index is 0.440. The summed E-state index contributed by atoms with van der Waals surface area (Å²) in [5, 5.41) is 4.41. The summed E-state index contributed by atoms with van der Waals surface area (Å²) in [4.78, 5) is 5.58. The van der Waals surface area contributed by atoms with Crippen LogP contribution in [0.5, 0.6) is 0 Å².